The highest BCUT2D eigenvalue weighted by molar-refractivity contribution is 5.97. The van der Waals surface area contributed by atoms with Crippen LogP contribution in [0.2, 0.25) is 0 Å². The molecule has 1 saturated heterocycles. The number of hydrogen-bond donors (Lipinski definition) is 2. The van der Waals surface area contributed by atoms with Gasteiger partial charge in [0.05, 0.1) is 0 Å². The fourth-order valence-electron chi connectivity index (χ4n) is 2.74. The quantitative estimate of drug-likeness (QED) is 0.879. The Morgan fingerprint density at radius 2 is 1.79 bits per heavy atom. The number of halogens is 3. The minimum atomic E-state index is -4.83. The Morgan fingerprint density at radius 3 is 2.29 bits per heavy atom. The molecule has 1 aliphatic heterocycles. The average molecular weight is 344 g/mol. The predicted molar refractivity (Wildman–Crippen MR) is 79.9 cm³/mol. The number of aliphatic hydroxyl groups is 1. The molecule has 24 heavy (non-hydrogen) atoms. The third-order valence-corrected chi connectivity index (χ3v) is 4.34. The van der Waals surface area contributed by atoms with Gasteiger partial charge in [-0.15, -0.1) is 0 Å². The zero-order chi connectivity index (χ0) is 18.1. The fourth-order valence-corrected chi connectivity index (χ4v) is 2.74. The van der Waals surface area contributed by atoms with Crippen LogP contribution in [0, 0.1) is 0 Å². The second-order valence-corrected chi connectivity index (χ2v) is 6.06. The number of hydrogen-bond acceptors (Lipinski definition) is 3. The van der Waals surface area contributed by atoms with Crippen LogP contribution in [0.3, 0.4) is 0 Å². The van der Waals surface area contributed by atoms with Gasteiger partial charge < -0.3 is 15.7 Å². The molecule has 2 rings (SSSR count). The number of alkyl halides is 3. The van der Waals surface area contributed by atoms with Gasteiger partial charge in [0.25, 0.3) is 5.91 Å². The average Bonchev–Trinajstić information content (AvgIpc) is 2.53. The van der Waals surface area contributed by atoms with Gasteiger partial charge >= 0.3 is 6.18 Å². The molecule has 1 aliphatic rings. The molecule has 0 bridgehead atoms. The Hall–Kier alpha value is -2.09. The van der Waals surface area contributed by atoms with Gasteiger partial charge in [0.2, 0.25) is 5.91 Å². The van der Waals surface area contributed by atoms with Crippen LogP contribution < -0.4 is 5.73 Å². The van der Waals surface area contributed by atoms with Crippen molar-refractivity contribution in [2.24, 2.45) is 5.73 Å². The van der Waals surface area contributed by atoms with Crippen molar-refractivity contribution >= 4 is 11.8 Å². The molecule has 0 radical (unpaired) electrons. The fraction of sp³-hybridized carbons (Fsp3) is 0.500. The van der Waals surface area contributed by atoms with Crippen molar-refractivity contribution in [3.8, 4) is 0 Å². The van der Waals surface area contributed by atoms with Crippen LogP contribution >= 0.6 is 0 Å². The van der Waals surface area contributed by atoms with Crippen LogP contribution in [0.15, 0.2) is 24.3 Å². The van der Waals surface area contributed by atoms with Crippen LogP contribution in [0.25, 0.3) is 0 Å². The van der Waals surface area contributed by atoms with Gasteiger partial charge in [-0.1, -0.05) is 12.1 Å². The molecule has 1 fully saturated rings. The van der Waals surface area contributed by atoms with Crippen LogP contribution in [0.4, 0.5) is 13.2 Å². The molecule has 1 aromatic rings. The lowest BCUT2D eigenvalue weighted by atomic mass is 9.94. The van der Waals surface area contributed by atoms with Gasteiger partial charge in [-0.2, -0.15) is 13.2 Å². The number of piperidine rings is 1. The first-order chi connectivity index (χ1) is 11.1. The summed E-state index contributed by atoms with van der Waals surface area (Å²) >= 11 is 0. The molecule has 0 aliphatic carbocycles. The SMILES string of the molecule is CC(O)(c1ccc(C(=O)N2CCCCC2C(N)=O)cc1)C(F)(F)F. The number of rotatable bonds is 3. The van der Waals surface area contributed by atoms with Gasteiger partial charge in [0.1, 0.15) is 6.04 Å². The van der Waals surface area contributed by atoms with E-state index < -0.39 is 29.6 Å². The van der Waals surface area contributed by atoms with E-state index in [0.29, 0.717) is 19.9 Å². The van der Waals surface area contributed by atoms with Crippen LogP contribution in [0.1, 0.15) is 42.1 Å². The van der Waals surface area contributed by atoms with E-state index in [0.717, 1.165) is 25.0 Å². The summed E-state index contributed by atoms with van der Waals surface area (Å²) < 4.78 is 38.5. The summed E-state index contributed by atoms with van der Waals surface area (Å²) in [6, 6.07) is 3.84. The highest BCUT2D eigenvalue weighted by Crippen LogP contribution is 2.38. The summed E-state index contributed by atoms with van der Waals surface area (Å²) in [6.07, 6.45) is -2.84. The van der Waals surface area contributed by atoms with Gasteiger partial charge in [0, 0.05) is 12.1 Å². The normalized spacial score (nSPS) is 21.2. The first kappa shape index (κ1) is 18.3. The maximum absolute atomic E-state index is 12.8. The summed E-state index contributed by atoms with van der Waals surface area (Å²) in [5.41, 5.74) is 2.09. The van der Waals surface area contributed by atoms with Gasteiger partial charge in [-0.05, 0) is 43.9 Å². The molecule has 5 nitrogen and oxygen atoms in total. The van der Waals surface area contributed by atoms with E-state index in [1.807, 2.05) is 0 Å². The summed E-state index contributed by atoms with van der Waals surface area (Å²) in [4.78, 5) is 25.3. The number of carbonyl (C=O) groups is 2. The van der Waals surface area contributed by atoms with Gasteiger partial charge in [0.15, 0.2) is 5.60 Å². The second-order valence-electron chi connectivity index (χ2n) is 6.06. The lowest BCUT2D eigenvalue weighted by molar-refractivity contribution is -0.258. The maximum atomic E-state index is 12.8. The van der Waals surface area contributed by atoms with Gasteiger partial charge in [-0.25, -0.2) is 0 Å². The molecule has 2 amide bonds. The Balaban J connectivity index is 2.24. The minimum absolute atomic E-state index is 0.143. The zero-order valence-electron chi connectivity index (χ0n) is 13.1. The van der Waals surface area contributed by atoms with Crippen molar-refractivity contribution in [1.82, 2.24) is 4.90 Å². The van der Waals surface area contributed by atoms with Crippen molar-refractivity contribution in [3.05, 3.63) is 35.4 Å². The topological polar surface area (TPSA) is 83.6 Å². The second kappa shape index (κ2) is 6.43. The third-order valence-electron chi connectivity index (χ3n) is 4.34. The number of primary amides is 1. The molecule has 2 atom stereocenters. The van der Waals surface area contributed by atoms with E-state index in [1.54, 1.807) is 0 Å². The van der Waals surface area contributed by atoms with Crippen molar-refractivity contribution < 1.29 is 27.9 Å². The van der Waals surface area contributed by atoms with Crippen molar-refractivity contribution in [3.63, 3.8) is 0 Å². The molecule has 132 valence electrons. The molecule has 3 N–H and O–H groups in total. The first-order valence-corrected chi connectivity index (χ1v) is 7.55. The number of nitrogens with two attached hydrogens (primary N) is 1. The smallest absolute Gasteiger partial charge is 0.376 e. The molecular formula is C16H19F3N2O3. The van der Waals surface area contributed by atoms with Crippen molar-refractivity contribution in [1.29, 1.82) is 0 Å². The summed E-state index contributed by atoms with van der Waals surface area (Å²) in [7, 11) is 0. The highest BCUT2D eigenvalue weighted by atomic mass is 19.4. The van der Waals surface area contributed by atoms with E-state index in [1.165, 1.54) is 17.0 Å². The van der Waals surface area contributed by atoms with Crippen LogP contribution in [-0.2, 0) is 10.4 Å². The Bertz CT molecular complexity index is 626. The van der Waals surface area contributed by atoms with E-state index in [4.69, 9.17) is 5.73 Å². The Morgan fingerprint density at radius 1 is 1.21 bits per heavy atom. The number of amides is 2. The third kappa shape index (κ3) is 3.38. The summed E-state index contributed by atoms with van der Waals surface area (Å²) in [5.74, 6) is -1.06. The molecule has 1 aromatic carbocycles. The first-order valence-electron chi connectivity index (χ1n) is 7.55. The van der Waals surface area contributed by atoms with Gasteiger partial charge in [-0.3, -0.25) is 9.59 Å². The lowest BCUT2D eigenvalue weighted by Crippen LogP contribution is -2.50. The molecule has 0 aromatic heterocycles. The van der Waals surface area contributed by atoms with Crippen LogP contribution in [0.5, 0.6) is 0 Å². The number of likely N-dealkylation sites (tertiary alicyclic amines) is 1. The van der Waals surface area contributed by atoms with E-state index in [9.17, 15) is 27.9 Å². The molecule has 0 spiro atoms. The molecule has 2 unspecified atom stereocenters. The molecule has 0 saturated carbocycles. The van der Waals surface area contributed by atoms with E-state index in [2.05, 4.69) is 0 Å². The Labute approximate surface area is 137 Å². The minimum Gasteiger partial charge on any atom is -0.376 e. The number of carbonyl (C=O) groups excluding carboxylic acids is 2. The zero-order valence-corrected chi connectivity index (χ0v) is 13.1. The molecule has 1 heterocycles. The maximum Gasteiger partial charge on any atom is 0.421 e. The monoisotopic (exact) mass is 344 g/mol. The number of nitrogens with zero attached hydrogens (tertiary/aromatic N) is 1. The Kier molecular flexibility index (Phi) is 4.89. The summed E-state index contributed by atoms with van der Waals surface area (Å²) in [6.45, 7) is 1.02. The largest absolute Gasteiger partial charge is 0.421 e. The predicted octanol–water partition coefficient (Wildman–Crippen LogP) is 1.94. The number of benzene rings is 1. The standard InChI is InChI=1S/C16H19F3N2O3/c1-15(24,16(17,18)19)11-7-5-10(6-8-11)14(23)21-9-3-2-4-12(21)13(20)22/h5-8,12,24H,2-4,9H2,1H3,(H2,20,22). The molecule has 8 heteroatoms. The van der Waals surface area contributed by atoms with Crippen molar-refractivity contribution in [2.75, 3.05) is 6.54 Å². The summed E-state index contributed by atoms with van der Waals surface area (Å²) in [5, 5.41) is 9.63. The highest BCUT2D eigenvalue weighted by Gasteiger charge is 2.51. The van der Waals surface area contributed by atoms with E-state index in [-0.39, 0.29) is 11.1 Å². The van der Waals surface area contributed by atoms with Crippen LogP contribution in [-0.4, -0.2) is 40.6 Å². The lowest BCUT2D eigenvalue weighted by Gasteiger charge is -2.34. The van der Waals surface area contributed by atoms with Crippen molar-refractivity contribution in [2.45, 2.75) is 44.0 Å². The molecular weight excluding hydrogens is 325 g/mol. The van der Waals surface area contributed by atoms with E-state index >= 15 is 0 Å².